The number of amides is 1. The molecule has 0 unspecified atom stereocenters. The van der Waals surface area contributed by atoms with E-state index in [4.69, 9.17) is 4.52 Å². The van der Waals surface area contributed by atoms with Crippen molar-refractivity contribution in [2.75, 3.05) is 0 Å². The average Bonchev–Trinajstić information content (AvgIpc) is 3.32. The number of benzene rings is 1. The van der Waals surface area contributed by atoms with Crippen LogP contribution in [-0.2, 0) is 0 Å². The lowest BCUT2D eigenvalue weighted by atomic mass is 10.0. The van der Waals surface area contributed by atoms with Gasteiger partial charge in [0.25, 0.3) is 5.91 Å². The van der Waals surface area contributed by atoms with Gasteiger partial charge in [0.15, 0.2) is 0 Å². The summed E-state index contributed by atoms with van der Waals surface area (Å²) in [4.78, 5) is 21.9. The van der Waals surface area contributed by atoms with E-state index in [1.807, 2.05) is 19.9 Å². The standard InChI is InChI=1S/C21H19FN4O2S/c1-11(2)17(21-25-19(26-28-21)13-7-9-23-10-8-13)24-20(27)18-12(3)16-14(22)5-4-6-15(16)29-18/h4-11,17H,1-3H3,(H,24,27)/t17-/m1/s1. The number of rotatable bonds is 5. The zero-order valence-corrected chi connectivity index (χ0v) is 17.0. The third kappa shape index (κ3) is 3.63. The van der Waals surface area contributed by atoms with Crippen molar-refractivity contribution in [3.63, 3.8) is 0 Å². The summed E-state index contributed by atoms with van der Waals surface area (Å²) in [5.74, 6) is 0.156. The predicted molar refractivity (Wildman–Crippen MR) is 109 cm³/mol. The van der Waals surface area contributed by atoms with E-state index >= 15 is 0 Å². The van der Waals surface area contributed by atoms with E-state index in [1.165, 1.54) is 17.4 Å². The fourth-order valence-electron chi connectivity index (χ4n) is 3.17. The van der Waals surface area contributed by atoms with Crippen molar-refractivity contribution in [3.05, 3.63) is 64.9 Å². The van der Waals surface area contributed by atoms with Crippen molar-refractivity contribution >= 4 is 27.3 Å². The minimum absolute atomic E-state index is 0.0103. The molecule has 4 aromatic rings. The normalized spacial score (nSPS) is 12.4. The number of hydrogen-bond donors (Lipinski definition) is 1. The van der Waals surface area contributed by atoms with Crippen LogP contribution in [0.3, 0.4) is 0 Å². The molecule has 0 spiro atoms. The maximum atomic E-state index is 14.2. The Balaban J connectivity index is 1.63. The van der Waals surface area contributed by atoms with Crippen LogP contribution in [0, 0.1) is 18.7 Å². The molecule has 0 bridgehead atoms. The molecule has 0 aliphatic rings. The second kappa shape index (κ2) is 7.71. The van der Waals surface area contributed by atoms with Crippen LogP contribution in [0.4, 0.5) is 4.39 Å². The molecule has 1 N–H and O–H groups in total. The second-order valence-corrected chi connectivity index (χ2v) is 8.11. The Hall–Kier alpha value is -3.13. The SMILES string of the molecule is Cc1c(C(=O)N[C@@H](c2nc(-c3ccncc3)no2)C(C)C)sc2cccc(F)c12. The monoisotopic (exact) mass is 410 g/mol. The molecule has 3 aromatic heterocycles. The Morgan fingerprint density at radius 2 is 1.97 bits per heavy atom. The van der Waals surface area contributed by atoms with Crippen molar-refractivity contribution in [1.82, 2.24) is 20.4 Å². The van der Waals surface area contributed by atoms with Crippen molar-refractivity contribution < 1.29 is 13.7 Å². The lowest BCUT2D eigenvalue weighted by Gasteiger charge is -2.18. The summed E-state index contributed by atoms with van der Waals surface area (Å²) in [5, 5.41) is 7.48. The Bertz CT molecular complexity index is 1170. The third-order valence-electron chi connectivity index (χ3n) is 4.71. The van der Waals surface area contributed by atoms with E-state index < -0.39 is 6.04 Å². The van der Waals surface area contributed by atoms with E-state index in [0.29, 0.717) is 27.5 Å². The molecule has 1 amide bonds. The Morgan fingerprint density at radius 1 is 1.21 bits per heavy atom. The van der Waals surface area contributed by atoms with Crippen LogP contribution in [0.1, 0.15) is 41.0 Å². The molecule has 1 atom stereocenters. The molecule has 148 valence electrons. The first kappa shape index (κ1) is 19.2. The van der Waals surface area contributed by atoms with Gasteiger partial charge in [0.2, 0.25) is 11.7 Å². The van der Waals surface area contributed by atoms with Gasteiger partial charge < -0.3 is 9.84 Å². The van der Waals surface area contributed by atoms with Gasteiger partial charge in [0.05, 0.1) is 4.88 Å². The fraction of sp³-hybridized carbons (Fsp3) is 0.238. The predicted octanol–water partition coefficient (Wildman–Crippen LogP) is 4.92. The number of thiophene rings is 1. The molecule has 29 heavy (non-hydrogen) atoms. The number of hydrogen-bond acceptors (Lipinski definition) is 6. The van der Waals surface area contributed by atoms with Crippen molar-refractivity contribution in [3.8, 4) is 11.4 Å². The molecule has 8 heteroatoms. The smallest absolute Gasteiger partial charge is 0.262 e. The number of aryl methyl sites for hydroxylation is 1. The first-order valence-corrected chi connectivity index (χ1v) is 10.00. The summed E-state index contributed by atoms with van der Waals surface area (Å²) >= 11 is 1.27. The van der Waals surface area contributed by atoms with Crippen molar-refractivity contribution in [2.45, 2.75) is 26.8 Å². The summed E-state index contributed by atoms with van der Waals surface area (Å²) in [5.41, 5.74) is 1.41. The maximum absolute atomic E-state index is 14.2. The van der Waals surface area contributed by atoms with Gasteiger partial charge in [0.1, 0.15) is 11.9 Å². The Morgan fingerprint density at radius 3 is 2.66 bits per heavy atom. The lowest BCUT2D eigenvalue weighted by Crippen LogP contribution is -2.31. The molecular weight excluding hydrogens is 391 g/mol. The number of carbonyl (C=O) groups is 1. The van der Waals surface area contributed by atoms with Crippen LogP contribution in [0.15, 0.2) is 47.2 Å². The van der Waals surface area contributed by atoms with Gasteiger partial charge in [-0.1, -0.05) is 25.1 Å². The molecule has 0 aliphatic heterocycles. The van der Waals surface area contributed by atoms with Gasteiger partial charge in [0, 0.05) is 28.0 Å². The van der Waals surface area contributed by atoms with Crippen LogP contribution in [0.5, 0.6) is 0 Å². The summed E-state index contributed by atoms with van der Waals surface area (Å²) in [6.07, 6.45) is 3.30. The number of nitrogens with zero attached hydrogens (tertiary/aromatic N) is 3. The molecule has 0 saturated heterocycles. The van der Waals surface area contributed by atoms with Crippen molar-refractivity contribution in [2.24, 2.45) is 5.92 Å². The number of fused-ring (bicyclic) bond motifs is 1. The largest absolute Gasteiger partial charge is 0.339 e. The van der Waals surface area contributed by atoms with E-state index in [-0.39, 0.29) is 17.6 Å². The van der Waals surface area contributed by atoms with E-state index in [9.17, 15) is 9.18 Å². The van der Waals surface area contributed by atoms with Gasteiger partial charge in [-0.15, -0.1) is 11.3 Å². The quantitative estimate of drug-likeness (QED) is 0.505. The number of halogens is 1. The molecule has 3 heterocycles. The minimum atomic E-state index is -0.472. The van der Waals surface area contributed by atoms with Crippen LogP contribution < -0.4 is 5.32 Å². The summed E-state index contributed by atoms with van der Waals surface area (Å²) in [6, 6.07) is 7.95. The molecule has 0 radical (unpaired) electrons. The van der Waals surface area contributed by atoms with E-state index in [2.05, 4.69) is 20.4 Å². The molecule has 4 rings (SSSR count). The highest BCUT2D eigenvalue weighted by Gasteiger charge is 2.27. The van der Waals surface area contributed by atoms with Crippen LogP contribution in [-0.4, -0.2) is 21.0 Å². The first-order chi connectivity index (χ1) is 14.0. The molecule has 0 saturated carbocycles. The fourth-order valence-corrected chi connectivity index (χ4v) is 4.30. The highest BCUT2D eigenvalue weighted by molar-refractivity contribution is 7.21. The Labute approximate surface area is 170 Å². The second-order valence-electron chi connectivity index (χ2n) is 7.06. The number of aromatic nitrogens is 3. The molecule has 1 aromatic carbocycles. The number of carbonyl (C=O) groups excluding carboxylic acids is 1. The van der Waals surface area contributed by atoms with Crippen molar-refractivity contribution in [1.29, 1.82) is 0 Å². The van der Waals surface area contributed by atoms with Crippen LogP contribution in [0.25, 0.3) is 21.5 Å². The minimum Gasteiger partial charge on any atom is -0.339 e. The molecule has 6 nitrogen and oxygen atoms in total. The summed E-state index contributed by atoms with van der Waals surface area (Å²) < 4.78 is 20.4. The first-order valence-electron chi connectivity index (χ1n) is 9.18. The average molecular weight is 410 g/mol. The molecule has 0 fully saturated rings. The van der Waals surface area contributed by atoms with Crippen LogP contribution >= 0.6 is 11.3 Å². The summed E-state index contributed by atoms with van der Waals surface area (Å²) in [6.45, 7) is 5.67. The van der Waals surface area contributed by atoms with Gasteiger partial charge in [-0.05, 0) is 42.7 Å². The van der Waals surface area contributed by atoms with E-state index in [0.717, 1.165) is 10.3 Å². The molecule has 0 aliphatic carbocycles. The van der Waals surface area contributed by atoms with Gasteiger partial charge in [-0.3, -0.25) is 9.78 Å². The topological polar surface area (TPSA) is 80.9 Å². The molecular formula is C21H19FN4O2S. The zero-order valence-electron chi connectivity index (χ0n) is 16.1. The van der Waals surface area contributed by atoms with Gasteiger partial charge >= 0.3 is 0 Å². The zero-order chi connectivity index (χ0) is 20.5. The lowest BCUT2D eigenvalue weighted by molar-refractivity contribution is 0.0917. The number of nitrogens with one attached hydrogen (secondary N) is 1. The van der Waals surface area contributed by atoms with E-state index in [1.54, 1.807) is 37.5 Å². The van der Waals surface area contributed by atoms with Gasteiger partial charge in [-0.25, -0.2) is 4.39 Å². The highest BCUT2D eigenvalue weighted by Crippen LogP contribution is 2.33. The number of pyridine rings is 1. The maximum Gasteiger partial charge on any atom is 0.262 e. The van der Waals surface area contributed by atoms with Crippen LogP contribution in [0.2, 0.25) is 0 Å². The van der Waals surface area contributed by atoms with Gasteiger partial charge in [-0.2, -0.15) is 4.98 Å². The third-order valence-corrected chi connectivity index (χ3v) is 5.96. The highest BCUT2D eigenvalue weighted by atomic mass is 32.1. The summed E-state index contributed by atoms with van der Waals surface area (Å²) in [7, 11) is 0. The Kier molecular flexibility index (Phi) is 5.10.